The van der Waals surface area contributed by atoms with E-state index in [2.05, 4.69) is 10.6 Å². The number of hydrogen-bond acceptors (Lipinski definition) is 2. The van der Waals surface area contributed by atoms with Gasteiger partial charge in [0.15, 0.2) is 0 Å². The van der Waals surface area contributed by atoms with E-state index in [0.717, 1.165) is 11.1 Å². The molecule has 5 nitrogen and oxygen atoms in total. The van der Waals surface area contributed by atoms with E-state index in [-0.39, 0.29) is 5.56 Å². The van der Waals surface area contributed by atoms with Crippen molar-refractivity contribution in [1.82, 2.24) is 5.32 Å². The number of anilines is 1. The predicted molar refractivity (Wildman–Crippen MR) is 85.8 cm³/mol. The van der Waals surface area contributed by atoms with Gasteiger partial charge in [0, 0.05) is 11.9 Å². The van der Waals surface area contributed by atoms with Crippen LogP contribution in [-0.2, 0) is 0 Å². The second-order valence-electron chi connectivity index (χ2n) is 4.67. The number of carboxylic acid groups (broad SMARTS) is 1. The molecular formula is C17H16N2O3. The average molecular weight is 296 g/mol. The van der Waals surface area contributed by atoms with Gasteiger partial charge in [0.1, 0.15) is 0 Å². The molecule has 0 aliphatic rings. The van der Waals surface area contributed by atoms with Crippen molar-refractivity contribution in [3.8, 4) is 0 Å². The van der Waals surface area contributed by atoms with Gasteiger partial charge >= 0.3 is 12.0 Å². The molecule has 2 aromatic rings. The Labute approximate surface area is 128 Å². The number of amides is 2. The number of hydrogen-bond donors (Lipinski definition) is 3. The Morgan fingerprint density at radius 1 is 1.05 bits per heavy atom. The van der Waals surface area contributed by atoms with Gasteiger partial charge < -0.3 is 15.7 Å². The van der Waals surface area contributed by atoms with Gasteiger partial charge in [-0.2, -0.15) is 0 Å². The Morgan fingerprint density at radius 2 is 1.73 bits per heavy atom. The summed E-state index contributed by atoms with van der Waals surface area (Å²) < 4.78 is 0. The maximum Gasteiger partial charge on any atom is 0.335 e. The molecule has 2 aromatic carbocycles. The van der Waals surface area contributed by atoms with Crippen LogP contribution in [-0.4, -0.2) is 17.1 Å². The van der Waals surface area contributed by atoms with E-state index in [1.54, 1.807) is 6.20 Å². The highest BCUT2D eigenvalue weighted by Gasteiger charge is 2.03. The lowest BCUT2D eigenvalue weighted by molar-refractivity contribution is 0.0697. The molecule has 0 aromatic heterocycles. The molecule has 0 fully saturated rings. The minimum atomic E-state index is -1.00. The Balaban J connectivity index is 1.90. The van der Waals surface area contributed by atoms with Gasteiger partial charge in [0.25, 0.3) is 0 Å². The molecule has 0 atom stereocenters. The van der Waals surface area contributed by atoms with E-state index in [9.17, 15) is 9.59 Å². The predicted octanol–water partition coefficient (Wildman–Crippen LogP) is 3.49. The summed E-state index contributed by atoms with van der Waals surface area (Å²) >= 11 is 0. The molecule has 0 bridgehead atoms. The van der Waals surface area contributed by atoms with Crippen LogP contribution in [0.2, 0.25) is 0 Å². The lowest BCUT2D eigenvalue weighted by Crippen LogP contribution is -2.23. The van der Waals surface area contributed by atoms with E-state index in [1.165, 1.54) is 24.3 Å². The molecular weight excluding hydrogens is 280 g/mol. The van der Waals surface area contributed by atoms with Crippen molar-refractivity contribution in [2.24, 2.45) is 0 Å². The molecule has 0 spiro atoms. The summed E-state index contributed by atoms with van der Waals surface area (Å²) in [6.45, 7) is 1.99. The third-order valence-corrected chi connectivity index (χ3v) is 3.06. The fraction of sp³-hybridized carbons (Fsp3) is 0.0588. The molecule has 0 radical (unpaired) electrons. The van der Waals surface area contributed by atoms with Gasteiger partial charge in [0.2, 0.25) is 0 Å². The number of urea groups is 1. The highest BCUT2D eigenvalue weighted by molar-refractivity contribution is 5.92. The second kappa shape index (κ2) is 7.08. The van der Waals surface area contributed by atoms with Crippen LogP contribution in [0.5, 0.6) is 0 Å². The molecule has 112 valence electrons. The van der Waals surface area contributed by atoms with Crippen LogP contribution in [0.1, 0.15) is 21.5 Å². The molecule has 0 heterocycles. The van der Waals surface area contributed by atoms with Crippen molar-refractivity contribution in [3.05, 3.63) is 71.4 Å². The number of carboxylic acids is 1. The van der Waals surface area contributed by atoms with Crippen LogP contribution < -0.4 is 10.6 Å². The van der Waals surface area contributed by atoms with Crippen LogP contribution >= 0.6 is 0 Å². The molecule has 22 heavy (non-hydrogen) atoms. The largest absolute Gasteiger partial charge is 0.478 e. The zero-order valence-corrected chi connectivity index (χ0v) is 12.0. The maximum atomic E-state index is 11.7. The van der Waals surface area contributed by atoms with Crippen LogP contribution in [0.25, 0.3) is 6.08 Å². The molecule has 0 aliphatic carbocycles. The number of carbonyl (C=O) groups excluding carboxylic acids is 1. The lowest BCUT2D eigenvalue weighted by atomic mass is 10.1. The second-order valence-corrected chi connectivity index (χ2v) is 4.67. The zero-order valence-electron chi connectivity index (χ0n) is 12.0. The van der Waals surface area contributed by atoms with Crippen LogP contribution in [0.15, 0.2) is 54.7 Å². The van der Waals surface area contributed by atoms with Crippen molar-refractivity contribution >= 4 is 23.8 Å². The molecule has 0 saturated carbocycles. The normalized spacial score (nSPS) is 10.4. The number of rotatable bonds is 4. The van der Waals surface area contributed by atoms with Crippen molar-refractivity contribution in [2.45, 2.75) is 6.92 Å². The van der Waals surface area contributed by atoms with E-state index in [0.29, 0.717) is 5.69 Å². The van der Waals surface area contributed by atoms with E-state index < -0.39 is 12.0 Å². The van der Waals surface area contributed by atoms with Crippen molar-refractivity contribution in [2.75, 3.05) is 5.32 Å². The van der Waals surface area contributed by atoms with Crippen LogP contribution in [0.4, 0.5) is 10.5 Å². The SMILES string of the molecule is Cc1ccccc1/C=C/NC(=O)Nc1ccc(C(=O)O)cc1. The number of nitrogens with one attached hydrogen (secondary N) is 2. The number of aryl methyl sites for hydroxylation is 1. The van der Waals surface area contributed by atoms with Crippen LogP contribution in [0.3, 0.4) is 0 Å². The Hall–Kier alpha value is -3.08. The summed E-state index contributed by atoms with van der Waals surface area (Å²) in [6.07, 6.45) is 3.37. The van der Waals surface area contributed by atoms with E-state index in [1.807, 2.05) is 37.3 Å². The number of aromatic carboxylic acids is 1. The first-order valence-corrected chi connectivity index (χ1v) is 6.69. The molecule has 0 unspecified atom stereocenters. The van der Waals surface area contributed by atoms with Gasteiger partial charge in [-0.1, -0.05) is 24.3 Å². The molecule has 2 rings (SSSR count). The molecule has 2 amide bonds. The van der Waals surface area contributed by atoms with Gasteiger partial charge in [-0.25, -0.2) is 9.59 Å². The average Bonchev–Trinajstić information content (AvgIpc) is 2.50. The fourth-order valence-electron chi connectivity index (χ4n) is 1.84. The summed E-state index contributed by atoms with van der Waals surface area (Å²) in [5.41, 5.74) is 2.83. The van der Waals surface area contributed by atoms with Gasteiger partial charge in [-0.3, -0.25) is 0 Å². The van der Waals surface area contributed by atoms with Crippen LogP contribution in [0, 0.1) is 6.92 Å². The van der Waals surface area contributed by atoms with Gasteiger partial charge in [-0.05, 0) is 48.4 Å². The van der Waals surface area contributed by atoms with E-state index >= 15 is 0 Å². The quantitative estimate of drug-likeness (QED) is 0.808. The fourth-order valence-corrected chi connectivity index (χ4v) is 1.84. The first-order valence-electron chi connectivity index (χ1n) is 6.69. The van der Waals surface area contributed by atoms with E-state index in [4.69, 9.17) is 5.11 Å². The maximum absolute atomic E-state index is 11.7. The number of benzene rings is 2. The van der Waals surface area contributed by atoms with Crippen molar-refractivity contribution in [1.29, 1.82) is 0 Å². The molecule has 5 heteroatoms. The van der Waals surface area contributed by atoms with Gasteiger partial charge in [-0.15, -0.1) is 0 Å². The summed E-state index contributed by atoms with van der Waals surface area (Å²) in [5, 5.41) is 14.0. The molecule has 0 aliphatic heterocycles. The Bertz CT molecular complexity index is 706. The Kier molecular flexibility index (Phi) is 4.93. The van der Waals surface area contributed by atoms with Gasteiger partial charge in [0.05, 0.1) is 5.56 Å². The molecule has 3 N–H and O–H groups in total. The first-order chi connectivity index (χ1) is 10.6. The third kappa shape index (κ3) is 4.21. The Morgan fingerprint density at radius 3 is 2.36 bits per heavy atom. The number of carbonyl (C=O) groups is 2. The highest BCUT2D eigenvalue weighted by Crippen LogP contribution is 2.10. The topological polar surface area (TPSA) is 78.4 Å². The smallest absolute Gasteiger partial charge is 0.335 e. The highest BCUT2D eigenvalue weighted by atomic mass is 16.4. The van der Waals surface area contributed by atoms with Crippen molar-refractivity contribution in [3.63, 3.8) is 0 Å². The summed E-state index contributed by atoms with van der Waals surface area (Å²) in [4.78, 5) is 22.4. The summed E-state index contributed by atoms with van der Waals surface area (Å²) in [6, 6.07) is 13.4. The monoisotopic (exact) mass is 296 g/mol. The summed E-state index contributed by atoms with van der Waals surface area (Å²) in [7, 11) is 0. The first kappa shape index (κ1) is 15.3. The molecule has 0 saturated heterocycles. The van der Waals surface area contributed by atoms with Crippen molar-refractivity contribution < 1.29 is 14.7 Å². The lowest BCUT2D eigenvalue weighted by Gasteiger charge is -2.05. The summed E-state index contributed by atoms with van der Waals surface area (Å²) in [5.74, 6) is -1.00. The zero-order chi connectivity index (χ0) is 15.9. The standard InChI is InChI=1S/C17H16N2O3/c1-12-4-2-3-5-13(12)10-11-18-17(22)19-15-8-6-14(7-9-15)16(20)21/h2-11H,1H3,(H,20,21)(H2,18,19,22)/b11-10+. The minimum absolute atomic E-state index is 0.172. The minimum Gasteiger partial charge on any atom is -0.478 e. The third-order valence-electron chi connectivity index (χ3n) is 3.06.